The van der Waals surface area contributed by atoms with Gasteiger partial charge in [-0.2, -0.15) is 0 Å². The Bertz CT molecular complexity index is 857. The van der Waals surface area contributed by atoms with E-state index < -0.39 is 6.10 Å². The van der Waals surface area contributed by atoms with E-state index in [1.165, 1.54) is 180 Å². The van der Waals surface area contributed by atoms with Gasteiger partial charge in [0.2, 0.25) is 0 Å². The zero-order valence-electron chi connectivity index (χ0n) is 38.8. The highest BCUT2D eigenvalue weighted by molar-refractivity contribution is 5.71. The summed E-state index contributed by atoms with van der Waals surface area (Å²) < 4.78 is 16.8. The maximum absolute atomic E-state index is 12.8. The van der Waals surface area contributed by atoms with Gasteiger partial charge in [-0.1, -0.05) is 246 Å². The summed E-state index contributed by atoms with van der Waals surface area (Å²) in [5.41, 5.74) is 0. The van der Waals surface area contributed by atoms with Gasteiger partial charge in [0.05, 0.1) is 0 Å². The Balaban J connectivity index is 4.26. The van der Waals surface area contributed by atoms with Crippen LogP contribution < -0.4 is 0 Å². The third-order valence-electron chi connectivity index (χ3n) is 11.5. The fraction of sp³-hybridized carbons (Fsp3) is 0.941. The zero-order valence-corrected chi connectivity index (χ0v) is 38.8. The summed E-state index contributed by atoms with van der Waals surface area (Å²) >= 11 is 0. The van der Waals surface area contributed by atoms with E-state index in [0.717, 1.165) is 63.7 Å². The molecular formula is C51H98O6. The van der Waals surface area contributed by atoms with E-state index in [1.807, 2.05) is 0 Å². The molecule has 0 rings (SSSR count). The highest BCUT2D eigenvalue weighted by Gasteiger charge is 2.19. The van der Waals surface area contributed by atoms with Crippen LogP contribution in [0.1, 0.15) is 285 Å². The minimum atomic E-state index is -0.759. The molecule has 0 amide bonds. The van der Waals surface area contributed by atoms with Gasteiger partial charge >= 0.3 is 17.9 Å². The van der Waals surface area contributed by atoms with Crippen LogP contribution in [0.25, 0.3) is 0 Å². The van der Waals surface area contributed by atoms with E-state index in [1.54, 1.807) is 0 Å². The van der Waals surface area contributed by atoms with Gasteiger partial charge in [0.1, 0.15) is 13.2 Å². The first kappa shape index (κ1) is 55.4. The van der Waals surface area contributed by atoms with Crippen molar-refractivity contribution in [2.45, 2.75) is 291 Å². The lowest BCUT2D eigenvalue weighted by atomic mass is 10.0. The molecule has 0 fully saturated rings. The Kier molecular flexibility index (Phi) is 44.2. The third kappa shape index (κ3) is 45.3. The standard InChI is InChI=1S/C51H98O6/c1-5-7-9-11-13-15-22-27-31-35-39-43-50(53)56-46-48(45-55-49(52)42-38-34-30-26-16-14-12-10-8-6-2)57-51(54)44-40-36-32-28-24-21-19-17-18-20-23-25-29-33-37-41-47(3)4/h47-48H,5-46H2,1-4H3/t48-/m0/s1. The average molecular weight is 807 g/mol. The molecule has 0 N–H and O–H groups in total. The van der Waals surface area contributed by atoms with Gasteiger partial charge in [-0.3, -0.25) is 14.4 Å². The maximum atomic E-state index is 12.8. The second-order valence-corrected chi connectivity index (χ2v) is 17.9. The summed E-state index contributed by atoms with van der Waals surface area (Å²) in [7, 11) is 0. The smallest absolute Gasteiger partial charge is 0.306 e. The molecule has 0 unspecified atom stereocenters. The first-order valence-electron chi connectivity index (χ1n) is 25.4. The summed E-state index contributed by atoms with van der Waals surface area (Å²) in [6, 6.07) is 0. The van der Waals surface area contributed by atoms with Crippen molar-refractivity contribution < 1.29 is 28.6 Å². The van der Waals surface area contributed by atoms with Gasteiger partial charge < -0.3 is 14.2 Å². The molecule has 57 heavy (non-hydrogen) atoms. The highest BCUT2D eigenvalue weighted by atomic mass is 16.6. The molecule has 6 nitrogen and oxygen atoms in total. The van der Waals surface area contributed by atoms with E-state index in [9.17, 15) is 14.4 Å². The lowest BCUT2D eigenvalue weighted by molar-refractivity contribution is -0.167. The van der Waals surface area contributed by atoms with Crippen LogP contribution in [0.3, 0.4) is 0 Å². The first-order chi connectivity index (χ1) is 27.9. The minimum Gasteiger partial charge on any atom is -0.462 e. The largest absolute Gasteiger partial charge is 0.462 e. The molecule has 0 aromatic carbocycles. The Morgan fingerprint density at radius 1 is 0.333 bits per heavy atom. The van der Waals surface area contributed by atoms with E-state index in [0.29, 0.717) is 19.3 Å². The number of ether oxygens (including phenoxy) is 3. The van der Waals surface area contributed by atoms with Crippen molar-refractivity contribution in [2.75, 3.05) is 13.2 Å². The number of esters is 3. The summed E-state index contributed by atoms with van der Waals surface area (Å²) in [4.78, 5) is 37.8. The molecule has 0 bridgehead atoms. The maximum Gasteiger partial charge on any atom is 0.306 e. The van der Waals surface area contributed by atoms with E-state index in [4.69, 9.17) is 14.2 Å². The summed E-state index contributed by atoms with van der Waals surface area (Å²) in [6.07, 6.45) is 46.6. The topological polar surface area (TPSA) is 78.9 Å². The molecule has 0 spiro atoms. The van der Waals surface area contributed by atoms with Crippen LogP contribution in [-0.2, 0) is 28.6 Å². The van der Waals surface area contributed by atoms with Crippen molar-refractivity contribution in [1.29, 1.82) is 0 Å². The van der Waals surface area contributed by atoms with Crippen LogP contribution in [-0.4, -0.2) is 37.2 Å². The highest BCUT2D eigenvalue weighted by Crippen LogP contribution is 2.17. The SMILES string of the molecule is CCCCCCCCCCCCCC(=O)OC[C@H](COC(=O)CCCCCCCCCCCC)OC(=O)CCCCCCCCCCCCCCCCCC(C)C. The van der Waals surface area contributed by atoms with Crippen molar-refractivity contribution >= 4 is 17.9 Å². The molecule has 0 radical (unpaired) electrons. The van der Waals surface area contributed by atoms with Crippen molar-refractivity contribution in [3.8, 4) is 0 Å². The van der Waals surface area contributed by atoms with Gasteiger partial charge in [0.25, 0.3) is 0 Å². The number of rotatable bonds is 46. The Labute approximate surface area is 355 Å². The Morgan fingerprint density at radius 2 is 0.579 bits per heavy atom. The van der Waals surface area contributed by atoms with Crippen molar-refractivity contribution in [3.05, 3.63) is 0 Å². The summed E-state index contributed by atoms with van der Waals surface area (Å²) in [5.74, 6) is 0.000350. The van der Waals surface area contributed by atoms with Gasteiger partial charge in [-0.15, -0.1) is 0 Å². The van der Waals surface area contributed by atoms with Crippen LogP contribution in [0.5, 0.6) is 0 Å². The van der Waals surface area contributed by atoms with Crippen LogP contribution in [0.15, 0.2) is 0 Å². The zero-order chi connectivity index (χ0) is 41.7. The summed E-state index contributed by atoms with van der Waals surface area (Å²) in [6.45, 7) is 9.02. The number of carbonyl (C=O) groups excluding carboxylic acids is 3. The van der Waals surface area contributed by atoms with Crippen LogP contribution in [0.2, 0.25) is 0 Å². The van der Waals surface area contributed by atoms with Crippen LogP contribution >= 0.6 is 0 Å². The molecule has 0 saturated carbocycles. The quantitative estimate of drug-likeness (QED) is 0.0346. The third-order valence-corrected chi connectivity index (χ3v) is 11.5. The van der Waals surface area contributed by atoms with Crippen molar-refractivity contribution in [3.63, 3.8) is 0 Å². The first-order valence-corrected chi connectivity index (χ1v) is 25.4. The molecule has 6 heteroatoms. The molecule has 338 valence electrons. The molecule has 0 aliphatic rings. The lowest BCUT2D eigenvalue weighted by Crippen LogP contribution is -2.30. The van der Waals surface area contributed by atoms with Crippen LogP contribution in [0, 0.1) is 5.92 Å². The average Bonchev–Trinajstić information content (AvgIpc) is 3.19. The van der Waals surface area contributed by atoms with E-state index >= 15 is 0 Å². The Hall–Kier alpha value is -1.59. The molecule has 0 aromatic heterocycles. The minimum absolute atomic E-state index is 0.0629. The fourth-order valence-corrected chi connectivity index (χ4v) is 7.69. The molecule has 0 heterocycles. The molecule has 0 aliphatic carbocycles. The number of unbranched alkanes of at least 4 members (excludes halogenated alkanes) is 33. The van der Waals surface area contributed by atoms with E-state index in [-0.39, 0.29) is 31.1 Å². The Morgan fingerprint density at radius 3 is 0.860 bits per heavy atom. The number of hydrogen-bond acceptors (Lipinski definition) is 6. The predicted octanol–water partition coefficient (Wildman–Crippen LogP) is 16.3. The predicted molar refractivity (Wildman–Crippen MR) is 243 cm³/mol. The molecular weight excluding hydrogens is 709 g/mol. The van der Waals surface area contributed by atoms with Crippen molar-refractivity contribution in [2.24, 2.45) is 5.92 Å². The monoisotopic (exact) mass is 807 g/mol. The molecule has 1 atom stereocenters. The fourth-order valence-electron chi connectivity index (χ4n) is 7.69. The van der Waals surface area contributed by atoms with Crippen LogP contribution in [0.4, 0.5) is 0 Å². The van der Waals surface area contributed by atoms with Crippen molar-refractivity contribution in [1.82, 2.24) is 0 Å². The number of hydrogen-bond donors (Lipinski definition) is 0. The second kappa shape index (κ2) is 45.5. The van der Waals surface area contributed by atoms with E-state index in [2.05, 4.69) is 27.7 Å². The van der Waals surface area contributed by atoms with Gasteiger partial charge in [-0.25, -0.2) is 0 Å². The molecule has 0 aliphatic heterocycles. The van der Waals surface area contributed by atoms with Gasteiger partial charge in [0, 0.05) is 19.3 Å². The number of carbonyl (C=O) groups is 3. The molecule has 0 saturated heterocycles. The second-order valence-electron chi connectivity index (χ2n) is 17.9. The van der Waals surface area contributed by atoms with Gasteiger partial charge in [0.15, 0.2) is 6.10 Å². The lowest BCUT2D eigenvalue weighted by Gasteiger charge is -2.18. The summed E-state index contributed by atoms with van der Waals surface area (Å²) in [5, 5.41) is 0. The van der Waals surface area contributed by atoms with Gasteiger partial charge in [-0.05, 0) is 25.2 Å². The molecule has 0 aromatic rings. The normalized spacial score (nSPS) is 11.9.